The molecule has 2 saturated carbocycles. The molecule has 1 heterocycles. The van der Waals surface area contributed by atoms with E-state index in [-0.39, 0.29) is 11.9 Å². The highest BCUT2D eigenvalue weighted by atomic mass is 32.1. The number of fused-ring (bicyclic) bond motifs is 1. The van der Waals surface area contributed by atoms with Gasteiger partial charge in [0.15, 0.2) is 0 Å². The average molecular weight is 251 g/mol. The fourth-order valence-corrected chi connectivity index (χ4v) is 3.64. The van der Waals surface area contributed by atoms with Crippen molar-refractivity contribution < 1.29 is 14.3 Å². The maximum absolute atomic E-state index is 11.6. The van der Waals surface area contributed by atoms with Crippen molar-refractivity contribution in [3.8, 4) is 0 Å². The summed E-state index contributed by atoms with van der Waals surface area (Å²) in [7, 11) is 1.35. The molecule has 3 rings (SSSR count). The van der Waals surface area contributed by atoms with Crippen molar-refractivity contribution in [2.24, 2.45) is 5.92 Å². The van der Waals surface area contributed by atoms with Crippen LogP contribution in [0.2, 0.25) is 0 Å². The lowest BCUT2D eigenvalue weighted by Gasteiger charge is -2.01. The van der Waals surface area contributed by atoms with Gasteiger partial charge in [-0.3, -0.25) is 4.79 Å². The third-order valence-electron chi connectivity index (χ3n) is 3.60. The molecular formula is C12H13NO3S. The molecule has 2 aliphatic rings. The molecule has 0 bridgehead atoms. The molecule has 5 heteroatoms. The number of carbonyl (C=O) groups excluding carboxylic acids is 2. The van der Waals surface area contributed by atoms with E-state index < -0.39 is 0 Å². The SMILES string of the molecule is COC(=O)c1cc(C23CC2C3)sc1NC(C)=O. The molecule has 0 saturated heterocycles. The Labute approximate surface area is 103 Å². The second-order valence-corrected chi connectivity index (χ2v) is 5.84. The summed E-state index contributed by atoms with van der Waals surface area (Å²) < 4.78 is 4.73. The zero-order valence-corrected chi connectivity index (χ0v) is 10.5. The van der Waals surface area contributed by atoms with E-state index in [2.05, 4.69) is 5.32 Å². The van der Waals surface area contributed by atoms with E-state index in [0.717, 1.165) is 5.92 Å². The van der Waals surface area contributed by atoms with Crippen molar-refractivity contribution in [1.29, 1.82) is 0 Å². The molecule has 0 atom stereocenters. The number of hydrogen-bond acceptors (Lipinski definition) is 4. The number of amides is 1. The highest BCUT2D eigenvalue weighted by Crippen LogP contribution is 2.76. The Hall–Kier alpha value is -1.36. The molecule has 2 fully saturated rings. The molecule has 0 aromatic carbocycles. The lowest BCUT2D eigenvalue weighted by Crippen LogP contribution is -2.09. The summed E-state index contributed by atoms with van der Waals surface area (Å²) in [5.41, 5.74) is 0.832. The summed E-state index contributed by atoms with van der Waals surface area (Å²) in [6, 6.07) is 1.88. The van der Waals surface area contributed by atoms with Gasteiger partial charge in [-0.1, -0.05) is 0 Å². The van der Waals surface area contributed by atoms with E-state index in [4.69, 9.17) is 4.74 Å². The molecule has 2 aliphatic carbocycles. The highest BCUT2D eigenvalue weighted by Gasteiger charge is 2.71. The third-order valence-corrected chi connectivity index (χ3v) is 4.87. The van der Waals surface area contributed by atoms with Crippen LogP contribution in [0.1, 0.15) is 35.0 Å². The first-order chi connectivity index (χ1) is 8.06. The molecule has 1 aromatic heterocycles. The zero-order valence-electron chi connectivity index (χ0n) is 9.70. The van der Waals surface area contributed by atoms with E-state index in [9.17, 15) is 9.59 Å². The van der Waals surface area contributed by atoms with E-state index in [1.807, 2.05) is 6.07 Å². The minimum atomic E-state index is -0.384. The summed E-state index contributed by atoms with van der Waals surface area (Å²) in [4.78, 5) is 23.9. The Morgan fingerprint density at radius 3 is 2.65 bits per heavy atom. The normalized spacial score (nSPS) is 28.2. The molecule has 90 valence electrons. The smallest absolute Gasteiger partial charge is 0.340 e. The summed E-state index contributed by atoms with van der Waals surface area (Å²) in [6.07, 6.45) is 2.46. The van der Waals surface area contributed by atoms with Crippen LogP contribution in [0.3, 0.4) is 0 Å². The largest absolute Gasteiger partial charge is 0.465 e. The van der Waals surface area contributed by atoms with Crippen molar-refractivity contribution in [3.05, 3.63) is 16.5 Å². The molecule has 0 radical (unpaired) electrons. The molecule has 17 heavy (non-hydrogen) atoms. The number of esters is 1. The minimum Gasteiger partial charge on any atom is -0.465 e. The number of anilines is 1. The fraction of sp³-hybridized carbons (Fsp3) is 0.500. The number of rotatable bonds is 3. The first-order valence-electron chi connectivity index (χ1n) is 5.57. The van der Waals surface area contributed by atoms with Gasteiger partial charge in [-0.15, -0.1) is 11.3 Å². The van der Waals surface area contributed by atoms with Gasteiger partial charge < -0.3 is 10.1 Å². The summed E-state index contributed by atoms with van der Waals surface area (Å²) >= 11 is 1.51. The second kappa shape index (κ2) is 3.32. The van der Waals surface area contributed by atoms with Crippen LogP contribution in [0.15, 0.2) is 6.07 Å². The molecular weight excluding hydrogens is 238 g/mol. The Balaban J connectivity index is 1.95. The first kappa shape index (κ1) is 10.8. The van der Waals surface area contributed by atoms with Gasteiger partial charge in [0.05, 0.1) is 12.7 Å². The quantitative estimate of drug-likeness (QED) is 0.837. The number of thiophene rings is 1. The Morgan fingerprint density at radius 1 is 1.53 bits per heavy atom. The van der Waals surface area contributed by atoms with Crippen LogP contribution in [0.5, 0.6) is 0 Å². The van der Waals surface area contributed by atoms with Gasteiger partial charge in [-0.2, -0.15) is 0 Å². The average Bonchev–Trinajstić information content (AvgIpc) is 3.07. The second-order valence-electron chi connectivity index (χ2n) is 4.79. The molecule has 1 N–H and O–H groups in total. The maximum Gasteiger partial charge on any atom is 0.340 e. The number of nitrogens with one attached hydrogen (secondary N) is 1. The van der Waals surface area contributed by atoms with Crippen LogP contribution in [0.25, 0.3) is 0 Å². The monoisotopic (exact) mass is 251 g/mol. The molecule has 4 nitrogen and oxygen atoms in total. The van der Waals surface area contributed by atoms with E-state index in [1.165, 1.54) is 43.1 Å². The predicted octanol–water partition coefficient (Wildman–Crippen LogP) is 2.15. The van der Waals surface area contributed by atoms with Crippen molar-refractivity contribution in [1.82, 2.24) is 0 Å². The predicted molar refractivity (Wildman–Crippen MR) is 64.4 cm³/mol. The van der Waals surface area contributed by atoms with Crippen molar-refractivity contribution >= 4 is 28.2 Å². The van der Waals surface area contributed by atoms with Crippen molar-refractivity contribution in [2.75, 3.05) is 12.4 Å². The number of hydrogen-bond donors (Lipinski definition) is 1. The molecule has 0 unspecified atom stereocenters. The zero-order chi connectivity index (χ0) is 12.2. The van der Waals surface area contributed by atoms with Crippen LogP contribution in [-0.2, 0) is 14.9 Å². The molecule has 1 amide bonds. The lowest BCUT2D eigenvalue weighted by atomic mass is 10.1. The number of ether oxygens (including phenoxy) is 1. The summed E-state index contributed by atoms with van der Waals surface area (Å²) in [5.74, 6) is 0.270. The Morgan fingerprint density at radius 2 is 2.18 bits per heavy atom. The fourth-order valence-electron chi connectivity index (χ4n) is 2.25. The molecule has 0 aliphatic heterocycles. The van der Waals surface area contributed by atoms with Crippen molar-refractivity contribution in [2.45, 2.75) is 25.2 Å². The van der Waals surface area contributed by atoms with Crippen LogP contribution < -0.4 is 5.32 Å². The van der Waals surface area contributed by atoms with Crippen LogP contribution >= 0.6 is 11.3 Å². The highest BCUT2D eigenvalue weighted by molar-refractivity contribution is 7.17. The topological polar surface area (TPSA) is 55.4 Å². The van der Waals surface area contributed by atoms with E-state index >= 15 is 0 Å². The van der Waals surface area contributed by atoms with Gasteiger partial charge in [0.1, 0.15) is 5.00 Å². The van der Waals surface area contributed by atoms with E-state index in [0.29, 0.717) is 16.0 Å². The number of carbonyl (C=O) groups is 2. The Kier molecular flexibility index (Phi) is 2.10. The van der Waals surface area contributed by atoms with Crippen molar-refractivity contribution in [3.63, 3.8) is 0 Å². The Bertz CT molecular complexity index is 514. The van der Waals surface area contributed by atoms with Gasteiger partial charge in [-0.25, -0.2) is 4.79 Å². The van der Waals surface area contributed by atoms with Gasteiger partial charge in [0.2, 0.25) is 5.91 Å². The van der Waals surface area contributed by atoms with Crippen LogP contribution in [0.4, 0.5) is 5.00 Å². The molecule has 1 aromatic rings. The van der Waals surface area contributed by atoms with Gasteiger partial charge in [0.25, 0.3) is 0 Å². The van der Waals surface area contributed by atoms with E-state index in [1.54, 1.807) is 0 Å². The van der Waals surface area contributed by atoms with Gasteiger partial charge >= 0.3 is 5.97 Å². The van der Waals surface area contributed by atoms with Gasteiger partial charge in [-0.05, 0) is 24.8 Å². The maximum atomic E-state index is 11.6. The lowest BCUT2D eigenvalue weighted by molar-refractivity contribution is -0.114. The molecule has 0 spiro atoms. The standard InChI is InChI=1S/C12H13NO3S/c1-6(14)13-10-8(11(15)16-2)3-9(17-10)12-4-7(12)5-12/h3,7H,4-5H2,1-2H3,(H,13,14). The minimum absolute atomic E-state index is 0.163. The van der Waals surface area contributed by atoms with Gasteiger partial charge in [0, 0.05) is 17.2 Å². The third kappa shape index (κ3) is 1.57. The summed E-state index contributed by atoms with van der Waals surface area (Å²) in [6.45, 7) is 1.44. The van der Waals surface area contributed by atoms with Crippen LogP contribution in [-0.4, -0.2) is 19.0 Å². The number of methoxy groups -OCH3 is 1. The summed E-state index contributed by atoms with van der Waals surface area (Å²) in [5, 5.41) is 3.32. The van der Waals surface area contributed by atoms with Crippen LogP contribution in [0, 0.1) is 5.92 Å². The first-order valence-corrected chi connectivity index (χ1v) is 6.38.